The van der Waals surface area contributed by atoms with Gasteiger partial charge in [-0.1, -0.05) is 5.21 Å². The van der Waals surface area contributed by atoms with Gasteiger partial charge in [-0.2, -0.15) is 0 Å². The molecule has 23 heavy (non-hydrogen) atoms. The van der Waals surface area contributed by atoms with Crippen molar-refractivity contribution in [2.24, 2.45) is 5.73 Å². The number of methoxy groups -OCH3 is 1. The molecule has 122 valence electrons. The Hall–Kier alpha value is -2.48. The number of hydrogen-bond donors (Lipinski definition) is 1. The van der Waals surface area contributed by atoms with Crippen LogP contribution < -0.4 is 10.5 Å². The second-order valence-corrected chi connectivity index (χ2v) is 5.58. The molecule has 1 aliphatic heterocycles. The van der Waals surface area contributed by atoms with E-state index in [1.54, 1.807) is 24.1 Å². The maximum absolute atomic E-state index is 13.4. The summed E-state index contributed by atoms with van der Waals surface area (Å²) in [5.74, 6) is -0.193. The maximum Gasteiger partial charge on any atom is 0.270 e. The lowest BCUT2D eigenvalue weighted by atomic mass is 10.2. The van der Waals surface area contributed by atoms with Crippen LogP contribution in [0.5, 0.6) is 5.75 Å². The molecule has 1 unspecified atom stereocenters. The molecule has 8 heteroatoms. The molecule has 3 rings (SSSR count). The van der Waals surface area contributed by atoms with E-state index in [2.05, 4.69) is 15.2 Å². The van der Waals surface area contributed by atoms with Gasteiger partial charge in [-0.25, -0.2) is 9.07 Å². The first-order valence-electron chi connectivity index (χ1n) is 7.33. The van der Waals surface area contributed by atoms with Crippen molar-refractivity contribution in [3.63, 3.8) is 0 Å². The highest BCUT2D eigenvalue weighted by atomic mass is 19.1. The topological polar surface area (TPSA) is 86.3 Å². The summed E-state index contributed by atoms with van der Waals surface area (Å²) in [4.78, 5) is 13.3. The standard InChI is InChI=1S/C15H18FN5O2/c1-23-14-3-2-11(16)6-10(14)7-20-5-4-12(8-20)21-9-13(15(17)22)18-19-21/h2-3,6,9,12H,4-5,7-8H2,1H3,(H2,17,22). The zero-order chi connectivity index (χ0) is 16.4. The predicted molar refractivity (Wildman–Crippen MR) is 80.4 cm³/mol. The third kappa shape index (κ3) is 3.31. The van der Waals surface area contributed by atoms with E-state index < -0.39 is 5.91 Å². The van der Waals surface area contributed by atoms with Gasteiger partial charge in [0.25, 0.3) is 5.91 Å². The van der Waals surface area contributed by atoms with Crippen LogP contribution in [0.2, 0.25) is 0 Å². The SMILES string of the molecule is COc1ccc(F)cc1CN1CCC(n2cc(C(N)=O)nn2)C1. The van der Waals surface area contributed by atoms with Crippen molar-refractivity contribution in [2.45, 2.75) is 19.0 Å². The zero-order valence-corrected chi connectivity index (χ0v) is 12.8. The van der Waals surface area contributed by atoms with Crippen molar-refractivity contribution in [1.29, 1.82) is 0 Å². The lowest BCUT2D eigenvalue weighted by molar-refractivity contribution is 0.0995. The Balaban J connectivity index is 1.68. The molecule has 1 atom stereocenters. The number of likely N-dealkylation sites (tertiary alicyclic amines) is 1. The van der Waals surface area contributed by atoms with E-state index in [0.717, 1.165) is 25.1 Å². The van der Waals surface area contributed by atoms with Gasteiger partial charge in [0.1, 0.15) is 11.6 Å². The summed E-state index contributed by atoms with van der Waals surface area (Å²) in [5, 5.41) is 7.72. The number of carbonyl (C=O) groups excluding carboxylic acids is 1. The summed E-state index contributed by atoms with van der Waals surface area (Å²) in [6.45, 7) is 2.17. The lowest BCUT2D eigenvalue weighted by Gasteiger charge is -2.18. The average molecular weight is 319 g/mol. The normalized spacial score (nSPS) is 18.3. The zero-order valence-electron chi connectivity index (χ0n) is 12.8. The second kappa shape index (κ2) is 6.33. The molecule has 7 nitrogen and oxygen atoms in total. The maximum atomic E-state index is 13.4. The highest BCUT2D eigenvalue weighted by Gasteiger charge is 2.26. The molecule has 2 aromatic rings. The van der Waals surface area contributed by atoms with Crippen LogP contribution >= 0.6 is 0 Å². The molecule has 0 aliphatic carbocycles. The minimum absolute atomic E-state index is 0.121. The van der Waals surface area contributed by atoms with Crippen molar-refractivity contribution < 1.29 is 13.9 Å². The number of ether oxygens (including phenoxy) is 1. The molecule has 2 heterocycles. The summed E-state index contributed by atoms with van der Waals surface area (Å²) >= 11 is 0. The van der Waals surface area contributed by atoms with Gasteiger partial charge in [0, 0.05) is 25.2 Å². The molecule has 1 amide bonds. The summed E-state index contributed by atoms with van der Waals surface area (Å²) in [6.07, 6.45) is 2.44. The molecule has 2 N–H and O–H groups in total. The number of hydrogen-bond acceptors (Lipinski definition) is 5. The largest absolute Gasteiger partial charge is 0.496 e. The number of nitrogens with two attached hydrogens (primary N) is 1. The highest BCUT2D eigenvalue weighted by Crippen LogP contribution is 2.26. The van der Waals surface area contributed by atoms with Crippen LogP contribution in [-0.4, -0.2) is 46.0 Å². The predicted octanol–water partition coefficient (Wildman–Crippen LogP) is 0.972. The molecule has 1 aliphatic rings. The van der Waals surface area contributed by atoms with Crippen LogP contribution in [0.25, 0.3) is 0 Å². The van der Waals surface area contributed by atoms with Gasteiger partial charge in [0.05, 0.1) is 19.3 Å². The highest BCUT2D eigenvalue weighted by molar-refractivity contribution is 5.90. The van der Waals surface area contributed by atoms with Gasteiger partial charge in [-0.3, -0.25) is 9.69 Å². The Morgan fingerprint density at radius 3 is 3.04 bits per heavy atom. The van der Waals surface area contributed by atoms with E-state index in [0.29, 0.717) is 12.3 Å². The van der Waals surface area contributed by atoms with E-state index in [1.165, 1.54) is 12.1 Å². The third-order valence-electron chi connectivity index (χ3n) is 4.02. The van der Waals surface area contributed by atoms with Crippen LogP contribution in [0.1, 0.15) is 28.5 Å². The first kappa shape index (κ1) is 15.4. The van der Waals surface area contributed by atoms with E-state index in [1.807, 2.05) is 0 Å². The molecule has 1 fully saturated rings. The molecule has 0 radical (unpaired) electrons. The molecule has 1 aromatic carbocycles. The quantitative estimate of drug-likeness (QED) is 0.887. The fourth-order valence-electron chi connectivity index (χ4n) is 2.85. The molecule has 0 bridgehead atoms. The number of amides is 1. The Morgan fingerprint density at radius 2 is 2.35 bits per heavy atom. The molecule has 0 spiro atoms. The Kier molecular flexibility index (Phi) is 4.24. The summed E-state index contributed by atoms with van der Waals surface area (Å²) < 4.78 is 20.4. The van der Waals surface area contributed by atoms with Crippen LogP contribution in [-0.2, 0) is 6.54 Å². The summed E-state index contributed by atoms with van der Waals surface area (Å²) in [5.41, 5.74) is 6.16. The minimum atomic E-state index is -0.587. The van der Waals surface area contributed by atoms with Gasteiger partial charge in [0.15, 0.2) is 5.69 Å². The molecule has 1 saturated heterocycles. The van der Waals surface area contributed by atoms with Gasteiger partial charge >= 0.3 is 0 Å². The van der Waals surface area contributed by atoms with E-state index in [9.17, 15) is 9.18 Å². The smallest absolute Gasteiger partial charge is 0.270 e. The number of aromatic nitrogens is 3. The van der Waals surface area contributed by atoms with Crippen molar-refractivity contribution in [2.75, 3.05) is 20.2 Å². The first-order valence-corrected chi connectivity index (χ1v) is 7.33. The van der Waals surface area contributed by atoms with Crippen molar-refractivity contribution in [1.82, 2.24) is 19.9 Å². The monoisotopic (exact) mass is 319 g/mol. The van der Waals surface area contributed by atoms with Gasteiger partial charge in [-0.15, -0.1) is 5.10 Å². The van der Waals surface area contributed by atoms with E-state index in [4.69, 9.17) is 10.5 Å². The Bertz CT molecular complexity index is 718. The lowest BCUT2D eigenvalue weighted by Crippen LogP contribution is -2.22. The van der Waals surface area contributed by atoms with Gasteiger partial charge in [-0.05, 0) is 24.6 Å². The molecule has 0 saturated carbocycles. The van der Waals surface area contributed by atoms with E-state index in [-0.39, 0.29) is 17.6 Å². The first-order chi connectivity index (χ1) is 11.1. The molecular weight excluding hydrogens is 301 g/mol. The average Bonchev–Trinajstić information content (AvgIpc) is 3.16. The van der Waals surface area contributed by atoms with Gasteiger partial charge < -0.3 is 10.5 Å². The number of primary amides is 1. The van der Waals surface area contributed by atoms with E-state index >= 15 is 0 Å². The fourth-order valence-corrected chi connectivity index (χ4v) is 2.85. The van der Waals surface area contributed by atoms with Crippen molar-refractivity contribution >= 4 is 5.91 Å². The number of carbonyl (C=O) groups is 1. The number of halogens is 1. The van der Waals surface area contributed by atoms with Crippen LogP contribution in [0.15, 0.2) is 24.4 Å². The summed E-state index contributed by atoms with van der Waals surface area (Å²) in [7, 11) is 1.57. The molecule has 1 aromatic heterocycles. The van der Waals surface area contributed by atoms with Crippen molar-refractivity contribution in [3.05, 3.63) is 41.5 Å². The number of benzene rings is 1. The number of nitrogens with zero attached hydrogens (tertiary/aromatic N) is 4. The van der Waals surface area contributed by atoms with Crippen LogP contribution in [0, 0.1) is 5.82 Å². The third-order valence-corrected chi connectivity index (χ3v) is 4.02. The Morgan fingerprint density at radius 1 is 1.52 bits per heavy atom. The van der Waals surface area contributed by atoms with Crippen LogP contribution in [0.3, 0.4) is 0 Å². The summed E-state index contributed by atoms with van der Waals surface area (Å²) in [6, 6.07) is 4.63. The Labute approximate surface area is 132 Å². The van der Waals surface area contributed by atoms with Crippen molar-refractivity contribution in [3.8, 4) is 5.75 Å². The minimum Gasteiger partial charge on any atom is -0.496 e. The molecular formula is C15H18FN5O2. The van der Waals surface area contributed by atoms with Gasteiger partial charge in [0.2, 0.25) is 0 Å². The number of rotatable bonds is 5. The fraction of sp³-hybridized carbons (Fsp3) is 0.400. The van der Waals surface area contributed by atoms with Crippen LogP contribution in [0.4, 0.5) is 4.39 Å². The second-order valence-electron chi connectivity index (χ2n) is 5.58.